The second kappa shape index (κ2) is 4.65. The maximum absolute atomic E-state index is 12.5. The molecule has 2 aliphatic rings. The maximum atomic E-state index is 12.5. The fourth-order valence-corrected chi connectivity index (χ4v) is 3.35. The Labute approximate surface area is 122 Å². The van der Waals surface area contributed by atoms with Crippen LogP contribution in [0.4, 0.5) is 5.69 Å². The van der Waals surface area contributed by atoms with Crippen LogP contribution in [-0.4, -0.2) is 22.5 Å². The highest BCUT2D eigenvalue weighted by Crippen LogP contribution is 2.40. The third-order valence-corrected chi connectivity index (χ3v) is 4.20. The summed E-state index contributed by atoms with van der Waals surface area (Å²) in [5.41, 5.74) is 3.89. The van der Waals surface area contributed by atoms with Crippen molar-refractivity contribution in [1.29, 1.82) is 0 Å². The predicted octanol–water partition coefficient (Wildman–Crippen LogP) is 2.28. The molecule has 0 amide bonds. The van der Waals surface area contributed by atoms with Gasteiger partial charge in [0, 0.05) is 12.5 Å². The molecule has 1 aromatic rings. The van der Waals surface area contributed by atoms with Gasteiger partial charge in [0.15, 0.2) is 0 Å². The number of hydrogen-bond donors (Lipinski definition) is 1. The van der Waals surface area contributed by atoms with Crippen LogP contribution in [0.1, 0.15) is 32.3 Å². The van der Waals surface area contributed by atoms with E-state index < -0.39 is 4.92 Å². The third kappa shape index (κ3) is 2.30. The Morgan fingerprint density at radius 1 is 1.38 bits per heavy atom. The zero-order valence-electron chi connectivity index (χ0n) is 12.0. The third-order valence-electron chi connectivity index (χ3n) is 4.20. The largest absolute Gasteiger partial charge is 0.306 e. The van der Waals surface area contributed by atoms with E-state index in [1.807, 2.05) is 0 Å². The van der Waals surface area contributed by atoms with E-state index in [9.17, 15) is 14.9 Å². The summed E-state index contributed by atoms with van der Waals surface area (Å²) in [6.45, 7) is 4.12. The van der Waals surface area contributed by atoms with Crippen molar-refractivity contribution in [1.82, 2.24) is 5.43 Å². The van der Waals surface area contributed by atoms with Crippen molar-refractivity contribution < 1.29 is 9.72 Å². The Balaban J connectivity index is 1.99. The van der Waals surface area contributed by atoms with Crippen molar-refractivity contribution in [3.05, 3.63) is 39.9 Å². The number of carbonyl (C=O) groups is 1. The number of hydrogen-bond acceptors (Lipinski definition) is 5. The van der Waals surface area contributed by atoms with Crippen molar-refractivity contribution in [3.63, 3.8) is 0 Å². The zero-order valence-corrected chi connectivity index (χ0v) is 12.0. The topological polar surface area (TPSA) is 84.6 Å². The fraction of sp³-hybridized carbons (Fsp3) is 0.467. The normalized spacial score (nSPS) is 26.8. The second-order valence-corrected chi connectivity index (χ2v) is 6.50. The number of carbonyl (C=O) groups excluding carboxylic acids is 1. The lowest BCUT2D eigenvalue weighted by Gasteiger charge is -2.36. The molecule has 0 radical (unpaired) electrons. The molecule has 1 heterocycles. The molecular formula is C15H17N3O3. The fourth-order valence-electron chi connectivity index (χ4n) is 3.35. The van der Waals surface area contributed by atoms with Gasteiger partial charge in [0.25, 0.3) is 5.69 Å². The van der Waals surface area contributed by atoms with Gasteiger partial charge in [-0.25, -0.2) is 0 Å². The number of nitro groups is 1. The van der Waals surface area contributed by atoms with E-state index in [1.165, 1.54) is 6.07 Å². The summed E-state index contributed by atoms with van der Waals surface area (Å²) in [6, 6.07) is 6.40. The van der Waals surface area contributed by atoms with E-state index in [-0.39, 0.29) is 28.8 Å². The maximum Gasteiger partial charge on any atom is 0.278 e. The number of Topliss-reactive ketones (excluding diaryl/α,β-unsaturated/α-hetero) is 1. The molecule has 0 aromatic heterocycles. The first-order valence-electron chi connectivity index (χ1n) is 6.99. The summed E-state index contributed by atoms with van der Waals surface area (Å²) in [7, 11) is 0. The lowest BCUT2D eigenvalue weighted by atomic mass is 9.68. The highest BCUT2D eigenvalue weighted by Gasteiger charge is 2.47. The Morgan fingerprint density at radius 3 is 2.81 bits per heavy atom. The minimum atomic E-state index is -0.428. The molecule has 1 aliphatic heterocycles. The summed E-state index contributed by atoms with van der Waals surface area (Å²) in [5.74, 6) is -0.266. The molecule has 21 heavy (non-hydrogen) atoms. The van der Waals surface area contributed by atoms with Crippen LogP contribution in [0, 0.1) is 21.4 Å². The van der Waals surface area contributed by atoms with Gasteiger partial charge < -0.3 is 5.43 Å². The molecule has 1 saturated carbocycles. The Hall–Kier alpha value is -2.24. The van der Waals surface area contributed by atoms with E-state index in [2.05, 4.69) is 24.4 Å². The lowest BCUT2D eigenvalue weighted by Crippen LogP contribution is -2.45. The molecule has 3 rings (SSSR count). The number of benzene rings is 1. The molecular weight excluding hydrogens is 270 g/mol. The van der Waals surface area contributed by atoms with Gasteiger partial charge in [-0.1, -0.05) is 26.0 Å². The lowest BCUT2D eigenvalue weighted by molar-refractivity contribution is -0.385. The summed E-state index contributed by atoms with van der Waals surface area (Å²) < 4.78 is 0. The number of para-hydroxylation sites is 1. The molecule has 6 heteroatoms. The standard InChI is InChI=1S/C15H17N3O3/c1-15(2)7-10-13(12(19)8-15)14(17-16-10)9-5-3-4-6-11(9)18(20)21/h3-6,10,13,16H,7-8H2,1-2H3/t10-,13-/m1/s1. The van der Waals surface area contributed by atoms with Crippen LogP contribution < -0.4 is 5.43 Å². The number of nitrogens with one attached hydrogen (secondary N) is 1. The number of rotatable bonds is 2. The van der Waals surface area contributed by atoms with Crippen LogP contribution >= 0.6 is 0 Å². The van der Waals surface area contributed by atoms with Crippen LogP contribution in [0.2, 0.25) is 0 Å². The van der Waals surface area contributed by atoms with Gasteiger partial charge >= 0.3 is 0 Å². The van der Waals surface area contributed by atoms with Crippen molar-refractivity contribution in [2.45, 2.75) is 32.7 Å². The highest BCUT2D eigenvalue weighted by atomic mass is 16.6. The minimum absolute atomic E-state index is 0.00339. The van der Waals surface area contributed by atoms with Gasteiger partial charge in [-0.2, -0.15) is 5.10 Å². The molecule has 1 N–H and O–H groups in total. The molecule has 0 unspecified atom stereocenters. The SMILES string of the molecule is CC1(C)CC(=O)[C@@H]2C(c3ccccc3[N+](=O)[O-])=NN[C@@H]2C1. The van der Waals surface area contributed by atoms with Gasteiger partial charge in [0.05, 0.1) is 28.2 Å². The van der Waals surface area contributed by atoms with Crippen molar-refractivity contribution in [3.8, 4) is 0 Å². The minimum Gasteiger partial charge on any atom is -0.306 e. The molecule has 0 spiro atoms. The van der Waals surface area contributed by atoms with Gasteiger partial charge in [-0.15, -0.1) is 0 Å². The Kier molecular flexibility index (Phi) is 3.04. The monoisotopic (exact) mass is 287 g/mol. The summed E-state index contributed by atoms with van der Waals surface area (Å²) in [6.07, 6.45) is 1.31. The van der Waals surface area contributed by atoms with Gasteiger partial charge in [0.2, 0.25) is 0 Å². The Morgan fingerprint density at radius 2 is 2.10 bits per heavy atom. The second-order valence-electron chi connectivity index (χ2n) is 6.50. The van der Waals surface area contributed by atoms with Crippen molar-refractivity contribution in [2.24, 2.45) is 16.4 Å². The summed E-state index contributed by atoms with van der Waals surface area (Å²) in [4.78, 5) is 23.2. The smallest absolute Gasteiger partial charge is 0.278 e. The van der Waals surface area contributed by atoms with Crippen molar-refractivity contribution >= 4 is 17.2 Å². The first-order chi connectivity index (χ1) is 9.89. The average Bonchev–Trinajstić information content (AvgIpc) is 2.80. The van der Waals surface area contributed by atoms with E-state index in [1.54, 1.807) is 18.2 Å². The number of hydrazone groups is 1. The first-order valence-corrected chi connectivity index (χ1v) is 6.99. The number of nitro benzene ring substituents is 1. The number of fused-ring (bicyclic) bond motifs is 1. The molecule has 1 aliphatic carbocycles. The van der Waals surface area contributed by atoms with E-state index in [4.69, 9.17) is 0 Å². The highest BCUT2D eigenvalue weighted by molar-refractivity contribution is 6.17. The Bertz CT molecular complexity index is 651. The molecule has 1 aromatic carbocycles. The predicted molar refractivity (Wildman–Crippen MR) is 78.1 cm³/mol. The van der Waals surface area contributed by atoms with Crippen LogP contribution in [0.3, 0.4) is 0 Å². The van der Waals surface area contributed by atoms with E-state index >= 15 is 0 Å². The first kappa shape index (κ1) is 13.7. The van der Waals surface area contributed by atoms with Crippen LogP contribution in [0.15, 0.2) is 29.4 Å². The van der Waals surface area contributed by atoms with Crippen LogP contribution in [-0.2, 0) is 4.79 Å². The van der Waals surface area contributed by atoms with Gasteiger partial charge in [0.1, 0.15) is 5.78 Å². The molecule has 110 valence electrons. The van der Waals surface area contributed by atoms with Crippen LogP contribution in [0.25, 0.3) is 0 Å². The van der Waals surface area contributed by atoms with E-state index in [0.717, 1.165) is 6.42 Å². The number of ketones is 1. The summed E-state index contributed by atoms with van der Waals surface area (Å²) in [5, 5.41) is 15.4. The average molecular weight is 287 g/mol. The van der Waals surface area contributed by atoms with Crippen molar-refractivity contribution in [2.75, 3.05) is 0 Å². The van der Waals surface area contributed by atoms with Crippen LogP contribution in [0.5, 0.6) is 0 Å². The van der Waals surface area contributed by atoms with Gasteiger partial charge in [-0.3, -0.25) is 14.9 Å². The number of nitrogens with zero attached hydrogens (tertiary/aromatic N) is 2. The molecule has 6 nitrogen and oxygen atoms in total. The molecule has 0 bridgehead atoms. The quantitative estimate of drug-likeness (QED) is 0.668. The van der Waals surface area contributed by atoms with Gasteiger partial charge in [-0.05, 0) is 17.9 Å². The van der Waals surface area contributed by atoms with E-state index in [0.29, 0.717) is 17.7 Å². The molecule has 0 saturated heterocycles. The molecule has 2 atom stereocenters. The summed E-state index contributed by atoms with van der Waals surface area (Å²) >= 11 is 0. The zero-order chi connectivity index (χ0) is 15.2. The molecule has 1 fully saturated rings.